The summed E-state index contributed by atoms with van der Waals surface area (Å²) in [6, 6.07) is 0.730. The lowest BCUT2D eigenvalue weighted by Crippen LogP contribution is -2.51. The number of hydrogen-bond donors (Lipinski definition) is 1. The molecule has 1 saturated heterocycles. The molecule has 0 aromatic rings. The molecule has 1 atom stereocenters. The van der Waals surface area contributed by atoms with Crippen LogP contribution in [0.3, 0.4) is 0 Å². The molecule has 2 nitrogen and oxygen atoms in total. The van der Waals surface area contributed by atoms with Gasteiger partial charge in [-0.3, -0.25) is 0 Å². The Morgan fingerprint density at radius 3 is 2.35 bits per heavy atom. The van der Waals surface area contributed by atoms with Crippen molar-refractivity contribution < 1.29 is 4.74 Å². The van der Waals surface area contributed by atoms with Crippen molar-refractivity contribution in [1.82, 2.24) is 5.32 Å². The van der Waals surface area contributed by atoms with Crippen molar-refractivity contribution in [2.75, 3.05) is 13.2 Å². The topological polar surface area (TPSA) is 21.3 Å². The van der Waals surface area contributed by atoms with Gasteiger partial charge in [-0.1, -0.05) is 51.9 Å². The minimum Gasteiger partial charge on any atom is -0.375 e. The molecule has 0 bridgehead atoms. The highest BCUT2D eigenvalue weighted by atomic mass is 16.5. The molecule has 2 rings (SSSR count). The van der Waals surface area contributed by atoms with Gasteiger partial charge in [-0.15, -0.1) is 0 Å². The molecule has 2 heteroatoms. The fourth-order valence-electron chi connectivity index (χ4n) is 3.69. The van der Waals surface area contributed by atoms with Gasteiger partial charge in [0.1, 0.15) is 0 Å². The van der Waals surface area contributed by atoms with Crippen LogP contribution in [-0.2, 0) is 4.74 Å². The molecule has 1 aliphatic carbocycles. The quantitative estimate of drug-likeness (QED) is 0.580. The fraction of sp³-hybridized carbons (Fsp3) is 1.00. The van der Waals surface area contributed by atoms with Gasteiger partial charge in [0.2, 0.25) is 0 Å². The molecule has 1 saturated carbocycles. The summed E-state index contributed by atoms with van der Waals surface area (Å²) in [5, 5.41) is 3.78. The van der Waals surface area contributed by atoms with Crippen LogP contribution in [0.1, 0.15) is 90.4 Å². The van der Waals surface area contributed by atoms with Crippen LogP contribution >= 0.6 is 0 Å². The van der Waals surface area contributed by atoms with Crippen LogP contribution < -0.4 is 5.32 Å². The zero-order valence-corrected chi connectivity index (χ0v) is 13.6. The van der Waals surface area contributed by atoms with Gasteiger partial charge in [0.25, 0.3) is 0 Å². The maximum Gasteiger partial charge on any atom is 0.0697 e. The van der Waals surface area contributed by atoms with Gasteiger partial charge >= 0.3 is 0 Å². The third kappa shape index (κ3) is 5.37. The molecular formula is C18H35NO. The maximum absolute atomic E-state index is 5.98. The second kappa shape index (κ2) is 9.04. The Bertz CT molecular complexity index is 250. The van der Waals surface area contributed by atoms with E-state index in [4.69, 9.17) is 4.74 Å². The van der Waals surface area contributed by atoms with E-state index >= 15 is 0 Å². The average Bonchev–Trinajstić information content (AvgIpc) is 2.44. The second-order valence-corrected chi connectivity index (χ2v) is 7.00. The highest BCUT2D eigenvalue weighted by Crippen LogP contribution is 2.42. The summed E-state index contributed by atoms with van der Waals surface area (Å²) in [7, 11) is 0. The number of rotatable bonds is 10. The second-order valence-electron chi connectivity index (χ2n) is 7.00. The molecule has 0 aromatic carbocycles. The monoisotopic (exact) mass is 281 g/mol. The SMILES string of the molecule is CCCCCCCCCCNC1CCOC2(CCC2)C1. The first kappa shape index (κ1) is 16.3. The van der Waals surface area contributed by atoms with E-state index in [0.717, 1.165) is 12.6 Å². The predicted molar refractivity (Wildman–Crippen MR) is 86.2 cm³/mol. The lowest BCUT2D eigenvalue weighted by Gasteiger charge is -2.47. The van der Waals surface area contributed by atoms with E-state index in [9.17, 15) is 0 Å². The summed E-state index contributed by atoms with van der Waals surface area (Å²) in [5.74, 6) is 0. The van der Waals surface area contributed by atoms with Crippen molar-refractivity contribution in [1.29, 1.82) is 0 Å². The Kier molecular flexibility index (Phi) is 7.37. The Morgan fingerprint density at radius 1 is 1.00 bits per heavy atom. The van der Waals surface area contributed by atoms with Crippen LogP contribution in [0.5, 0.6) is 0 Å². The van der Waals surface area contributed by atoms with Crippen molar-refractivity contribution in [2.24, 2.45) is 0 Å². The summed E-state index contributed by atoms with van der Waals surface area (Å²) in [4.78, 5) is 0. The van der Waals surface area contributed by atoms with E-state index in [1.807, 2.05) is 0 Å². The number of nitrogens with one attached hydrogen (secondary N) is 1. The Balaban J connectivity index is 1.41. The normalized spacial score (nSPS) is 24.8. The zero-order chi connectivity index (χ0) is 14.1. The van der Waals surface area contributed by atoms with Gasteiger partial charge in [0, 0.05) is 12.6 Å². The van der Waals surface area contributed by atoms with Gasteiger partial charge in [0.15, 0.2) is 0 Å². The molecule has 1 heterocycles. The summed E-state index contributed by atoms with van der Waals surface area (Å²) in [5.41, 5.74) is 0.301. The predicted octanol–water partition coefficient (Wildman–Crippen LogP) is 4.82. The molecule has 0 amide bonds. The van der Waals surface area contributed by atoms with Gasteiger partial charge in [-0.05, 0) is 45.1 Å². The van der Waals surface area contributed by atoms with Crippen LogP contribution in [-0.4, -0.2) is 24.8 Å². The third-order valence-electron chi connectivity index (χ3n) is 5.22. The summed E-state index contributed by atoms with van der Waals surface area (Å²) in [6.07, 6.45) is 17.8. The number of hydrogen-bond acceptors (Lipinski definition) is 2. The van der Waals surface area contributed by atoms with E-state index in [1.54, 1.807) is 0 Å². The smallest absolute Gasteiger partial charge is 0.0697 e. The fourth-order valence-corrected chi connectivity index (χ4v) is 3.69. The van der Waals surface area contributed by atoms with Gasteiger partial charge < -0.3 is 10.1 Å². The van der Waals surface area contributed by atoms with Crippen molar-refractivity contribution in [3.63, 3.8) is 0 Å². The van der Waals surface area contributed by atoms with E-state index < -0.39 is 0 Å². The van der Waals surface area contributed by atoms with Crippen molar-refractivity contribution in [3.05, 3.63) is 0 Å². The Hall–Kier alpha value is -0.0800. The molecule has 2 fully saturated rings. The lowest BCUT2D eigenvalue weighted by atomic mass is 9.74. The maximum atomic E-state index is 5.98. The summed E-state index contributed by atoms with van der Waals surface area (Å²) >= 11 is 0. The largest absolute Gasteiger partial charge is 0.375 e. The van der Waals surface area contributed by atoms with Crippen LogP contribution in [0.4, 0.5) is 0 Å². The molecule has 2 aliphatic rings. The van der Waals surface area contributed by atoms with Crippen LogP contribution in [0, 0.1) is 0 Å². The van der Waals surface area contributed by atoms with Crippen molar-refractivity contribution in [3.8, 4) is 0 Å². The van der Waals surface area contributed by atoms with Crippen molar-refractivity contribution >= 4 is 0 Å². The molecule has 0 aromatic heterocycles. The van der Waals surface area contributed by atoms with Gasteiger partial charge in [-0.2, -0.15) is 0 Å². The average molecular weight is 281 g/mol. The first-order chi connectivity index (χ1) is 9.85. The molecule has 1 unspecified atom stereocenters. The summed E-state index contributed by atoms with van der Waals surface area (Å²) in [6.45, 7) is 4.49. The van der Waals surface area contributed by atoms with E-state index in [0.29, 0.717) is 5.60 Å². The van der Waals surface area contributed by atoms with E-state index in [2.05, 4.69) is 12.2 Å². The third-order valence-corrected chi connectivity index (χ3v) is 5.22. The Morgan fingerprint density at radius 2 is 1.70 bits per heavy atom. The molecule has 118 valence electrons. The van der Waals surface area contributed by atoms with Crippen LogP contribution in [0.2, 0.25) is 0 Å². The van der Waals surface area contributed by atoms with Crippen LogP contribution in [0.25, 0.3) is 0 Å². The summed E-state index contributed by atoms with van der Waals surface area (Å²) < 4.78 is 5.98. The molecule has 1 N–H and O–H groups in total. The molecule has 1 aliphatic heterocycles. The first-order valence-electron chi connectivity index (χ1n) is 9.22. The molecule has 0 radical (unpaired) electrons. The van der Waals surface area contributed by atoms with Gasteiger partial charge in [-0.25, -0.2) is 0 Å². The van der Waals surface area contributed by atoms with E-state index in [1.165, 1.54) is 90.0 Å². The highest BCUT2D eigenvalue weighted by Gasteiger charge is 2.42. The molecule has 1 spiro atoms. The number of unbranched alkanes of at least 4 members (excludes halogenated alkanes) is 7. The van der Waals surface area contributed by atoms with Crippen LogP contribution in [0.15, 0.2) is 0 Å². The lowest BCUT2D eigenvalue weighted by molar-refractivity contribution is -0.135. The van der Waals surface area contributed by atoms with Crippen molar-refractivity contribution in [2.45, 2.75) is 102 Å². The molecular weight excluding hydrogens is 246 g/mol. The van der Waals surface area contributed by atoms with Gasteiger partial charge in [0.05, 0.1) is 5.60 Å². The highest BCUT2D eigenvalue weighted by molar-refractivity contribution is 4.95. The Labute approximate surface area is 126 Å². The molecule has 20 heavy (non-hydrogen) atoms. The standard InChI is InChI=1S/C18H35NO/c1-2-3-4-5-6-7-8-9-14-19-17-11-15-20-18(16-17)12-10-13-18/h17,19H,2-16H2,1H3. The minimum atomic E-state index is 0.301. The number of ether oxygens (including phenoxy) is 1. The van der Waals surface area contributed by atoms with E-state index in [-0.39, 0.29) is 0 Å². The minimum absolute atomic E-state index is 0.301. The first-order valence-corrected chi connectivity index (χ1v) is 9.22. The zero-order valence-electron chi connectivity index (χ0n) is 13.6.